The zero-order chi connectivity index (χ0) is 26.2. The van der Waals surface area contributed by atoms with Gasteiger partial charge in [-0.15, -0.1) is 0 Å². The quantitative estimate of drug-likeness (QED) is 0.351. The fraction of sp³-hybridized carbons (Fsp3) is 0.0870. The molecule has 4 rings (SSSR count). The standard InChI is InChI=1S/C23H19FN8O3S/c1-3-36(34,35)17-9-5-8-16-18(17)22(33)32(14-7-4-6-13(24)10-14)21(29-16)12(2)28-20-15(11-25)19(26)30-23(27)31-20/h3-10,12H,1H2,2H3,(H5,26,27,28,30,31). The molecule has 0 aliphatic carbocycles. The Kier molecular flexibility index (Phi) is 6.13. The van der Waals surface area contributed by atoms with Crippen LogP contribution in [0.2, 0.25) is 0 Å². The SMILES string of the molecule is C=CS(=O)(=O)c1cccc2nc(C(C)Nc3nc(N)nc(N)c3C#N)n(-c3cccc(F)c3)c(=O)c12. The van der Waals surface area contributed by atoms with Crippen LogP contribution in [0.3, 0.4) is 0 Å². The Bertz CT molecular complexity index is 1750. The van der Waals surface area contributed by atoms with Crippen molar-refractivity contribution in [3.63, 3.8) is 0 Å². The van der Waals surface area contributed by atoms with Crippen LogP contribution in [0.4, 0.5) is 22.0 Å². The number of nitrogens with one attached hydrogen (secondary N) is 1. The van der Waals surface area contributed by atoms with E-state index < -0.39 is 27.3 Å². The summed E-state index contributed by atoms with van der Waals surface area (Å²) in [5.41, 5.74) is 10.8. The molecule has 2 heterocycles. The van der Waals surface area contributed by atoms with Gasteiger partial charge in [-0.3, -0.25) is 9.36 Å². The molecule has 4 aromatic rings. The van der Waals surface area contributed by atoms with Crippen LogP contribution in [0.1, 0.15) is 24.4 Å². The van der Waals surface area contributed by atoms with E-state index in [1.807, 2.05) is 6.07 Å². The van der Waals surface area contributed by atoms with Gasteiger partial charge in [0.2, 0.25) is 5.95 Å². The topological polar surface area (TPSA) is 183 Å². The summed E-state index contributed by atoms with van der Waals surface area (Å²) in [4.78, 5) is 25.8. The summed E-state index contributed by atoms with van der Waals surface area (Å²) < 4.78 is 40.5. The third-order valence-corrected chi connectivity index (χ3v) is 6.68. The average molecular weight is 507 g/mol. The molecule has 0 radical (unpaired) electrons. The smallest absolute Gasteiger partial charge is 0.267 e. The molecule has 182 valence electrons. The summed E-state index contributed by atoms with van der Waals surface area (Å²) in [7, 11) is -4.01. The van der Waals surface area contributed by atoms with E-state index in [0.29, 0.717) is 0 Å². The van der Waals surface area contributed by atoms with Gasteiger partial charge in [-0.2, -0.15) is 15.2 Å². The lowest BCUT2D eigenvalue weighted by Gasteiger charge is -2.21. The number of benzene rings is 2. The first-order valence-corrected chi connectivity index (χ1v) is 11.9. The largest absolute Gasteiger partial charge is 0.382 e. The van der Waals surface area contributed by atoms with E-state index in [2.05, 4.69) is 26.8 Å². The predicted octanol–water partition coefficient (Wildman–Crippen LogP) is 2.44. The van der Waals surface area contributed by atoms with E-state index in [-0.39, 0.29) is 50.5 Å². The second-order valence-corrected chi connectivity index (χ2v) is 9.48. The molecule has 0 aliphatic rings. The van der Waals surface area contributed by atoms with Gasteiger partial charge in [-0.05, 0) is 37.3 Å². The third kappa shape index (κ3) is 4.21. The van der Waals surface area contributed by atoms with E-state index in [9.17, 15) is 22.9 Å². The monoisotopic (exact) mass is 506 g/mol. The minimum absolute atomic E-state index is 0.00174. The van der Waals surface area contributed by atoms with E-state index in [4.69, 9.17) is 11.5 Å². The third-order valence-electron chi connectivity index (χ3n) is 5.28. The minimum atomic E-state index is -4.01. The second kappa shape index (κ2) is 9.08. The lowest BCUT2D eigenvalue weighted by Crippen LogP contribution is -2.28. The number of aromatic nitrogens is 4. The number of nitrogens with two attached hydrogens (primary N) is 2. The van der Waals surface area contributed by atoms with E-state index >= 15 is 0 Å². The molecule has 1 unspecified atom stereocenters. The lowest BCUT2D eigenvalue weighted by atomic mass is 10.2. The van der Waals surface area contributed by atoms with Crippen molar-refractivity contribution in [3.8, 4) is 11.8 Å². The van der Waals surface area contributed by atoms with Crippen LogP contribution in [0.25, 0.3) is 16.6 Å². The van der Waals surface area contributed by atoms with Crippen LogP contribution in [0.5, 0.6) is 0 Å². The van der Waals surface area contributed by atoms with Crippen molar-refractivity contribution in [3.05, 3.63) is 82.0 Å². The maximum atomic E-state index is 14.1. The molecule has 1 atom stereocenters. The molecular weight excluding hydrogens is 487 g/mol. The maximum absolute atomic E-state index is 14.1. The van der Waals surface area contributed by atoms with Crippen molar-refractivity contribution in [1.82, 2.24) is 19.5 Å². The van der Waals surface area contributed by atoms with Gasteiger partial charge in [0.15, 0.2) is 15.7 Å². The molecule has 0 aliphatic heterocycles. The number of nitrogen functional groups attached to an aromatic ring is 2. The Labute approximate surface area is 204 Å². The molecular formula is C23H19FN8O3S. The molecule has 2 aromatic heterocycles. The van der Waals surface area contributed by atoms with Crippen LogP contribution in [0.15, 0.2) is 64.1 Å². The van der Waals surface area contributed by atoms with Gasteiger partial charge in [0.25, 0.3) is 5.56 Å². The number of halogens is 1. The normalized spacial score (nSPS) is 12.1. The van der Waals surface area contributed by atoms with Crippen LogP contribution >= 0.6 is 0 Å². The first kappa shape index (κ1) is 24.3. The van der Waals surface area contributed by atoms with Crippen LogP contribution in [-0.2, 0) is 9.84 Å². The van der Waals surface area contributed by atoms with Gasteiger partial charge >= 0.3 is 0 Å². The van der Waals surface area contributed by atoms with E-state index in [0.717, 1.165) is 16.0 Å². The summed E-state index contributed by atoms with van der Waals surface area (Å²) in [5, 5.41) is 13.0. The number of sulfone groups is 1. The molecule has 0 spiro atoms. The van der Waals surface area contributed by atoms with E-state index in [1.165, 1.54) is 36.4 Å². The van der Waals surface area contributed by atoms with Gasteiger partial charge in [0.1, 0.15) is 29.1 Å². The molecule has 0 saturated carbocycles. The first-order valence-electron chi connectivity index (χ1n) is 10.4. The van der Waals surface area contributed by atoms with Crippen molar-refractivity contribution in [2.75, 3.05) is 16.8 Å². The highest BCUT2D eigenvalue weighted by Gasteiger charge is 2.24. The van der Waals surface area contributed by atoms with Gasteiger partial charge in [0, 0.05) is 5.41 Å². The van der Waals surface area contributed by atoms with Gasteiger partial charge in [0.05, 0.1) is 27.5 Å². The molecule has 0 bridgehead atoms. The van der Waals surface area contributed by atoms with Crippen molar-refractivity contribution >= 4 is 38.3 Å². The summed E-state index contributed by atoms with van der Waals surface area (Å²) >= 11 is 0. The number of rotatable bonds is 6. The predicted molar refractivity (Wildman–Crippen MR) is 132 cm³/mol. The second-order valence-electron chi connectivity index (χ2n) is 7.62. The molecule has 0 amide bonds. The molecule has 2 aromatic carbocycles. The Morgan fingerprint density at radius 2 is 1.92 bits per heavy atom. The summed E-state index contributed by atoms with van der Waals surface area (Å²) in [6.07, 6.45) is 0. The Hall–Kier alpha value is -4.83. The molecule has 13 heteroatoms. The number of fused-ring (bicyclic) bond motifs is 1. The lowest BCUT2D eigenvalue weighted by molar-refractivity contribution is 0.605. The maximum Gasteiger partial charge on any atom is 0.267 e. The summed E-state index contributed by atoms with van der Waals surface area (Å²) in [5.74, 6) is -0.882. The first-order chi connectivity index (χ1) is 17.1. The number of nitriles is 1. The van der Waals surface area contributed by atoms with Crippen LogP contribution in [-0.4, -0.2) is 27.9 Å². The Morgan fingerprint density at radius 1 is 1.19 bits per heavy atom. The minimum Gasteiger partial charge on any atom is -0.382 e. The zero-order valence-electron chi connectivity index (χ0n) is 18.8. The van der Waals surface area contributed by atoms with Crippen molar-refractivity contribution < 1.29 is 12.8 Å². The molecule has 5 N–H and O–H groups in total. The highest BCUT2D eigenvalue weighted by Crippen LogP contribution is 2.27. The molecule has 0 fully saturated rings. The number of hydrogen-bond acceptors (Lipinski definition) is 10. The van der Waals surface area contributed by atoms with Gasteiger partial charge in [-0.25, -0.2) is 17.8 Å². The van der Waals surface area contributed by atoms with Crippen LogP contribution < -0.4 is 22.3 Å². The highest BCUT2D eigenvalue weighted by atomic mass is 32.2. The van der Waals surface area contributed by atoms with Crippen molar-refractivity contribution in [2.24, 2.45) is 0 Å². The molecule has 36 heavy (non-hydrogen) atoms. The fourth-order valence-corrected chi connectivity index (χ4v) is 4.60. The number of anilines is 3. The fourth-order valence-electron chi connectivity index (χ4n) is 3.68. The number of hydrogen-bond donors (Lipinski definition) is 3. The van der Waals surface area contributed by atoms with Gasteiger partial charge in [-0.1, -0.05) is 18.7 Å². The van der Waals surface area contributed by atoms with Gasteiger partial charge < -0.3 is 16.8 Å². The molecule has 11 nitrogen and oxygen atoms in total. The number of nitrogens with zero attached hydrogens (tertiary/aromatic N) is 5. The van der Waals surface area contributed by atoms with Crippen molar-refractivity contribution in [1.29, 1.82) is 5.26 Å². The molecule has 0 saturated heterocycles. The Balaban J connectivity index is 2.03. The highest BCUT2D eigenvalue weighted by molar-refractivity contribution is 7.94. The summed E-state index contributed by atoms with van der Waals surface area (Å²) in [6, 6.07) is 10.4. The zero-order valence-corrected chi connectivity index (χ0v) is 19.6. The van der Waals surface area contributed by atoms with E-state index in [1.54, 1.807) is 6.92 Å². The Morgan fingerprint density at radius 3 is 2.58 bits per heavy atom. The van der Waals surface area contributed by atoms with Crippen molar-refractivity contribution in [2.45, 2.75) is 17.9 Å². The average Bonchev–Trinajstić information content (AvgIpc) is 2.83. The summed E-state index contributed by atoms with van der Waals surface area (Å²) in [6.45, 7) is 4.94. The van der Waals surface area contributed by atoms with Crippen LogP contribution in [0, 0.1) is 17.1 Å².